The van der Waals surface area contributed by atoms with Crippen LogP contribution in [-0.4, -0.2) is 41.3 Å². The van der Waals surface area contributed by atoms with E-state index in [4.69, 9.17) is 0 Å². The Morgan fingerprint density at radius 3 is 2.65 bits per heavy atom. The third-order valence-corrected chi connectivity index (χ3v) is 4.25. The van der Waals surface area contributed by atoms with Crippen molar-refractivity contribution in [3.63, 3.8) is 0 Å². The second kappa shape index (κ2) is 4.85. The van der Waals surface area contributed by atoms with Gasteiger partial charge in [-0.25, -0.2) is 9.37 Å². The highest BCUT2D eigenvalue weighted by molar-refractivity contribution is 5.92. The molecule has 2 aliphatic heterocycles. The van der Waals surface area contributed by atoms with Crippen molar-refractivity contribution in [3.8, 4) is 0 Å². The van der Waals surface area contributed by atoms with E-state index in [0.717, 1.165) is 19.0 Å². The second-order valence-corrected chi connectivity index (χ2v) is 5.61. The monoisotopic (exact) mass is 277 g/mol. The lowest BCUT2D eigenvalue weighted by Gasteiger charge is -2.38. The minimum absolute atomic E-state index is 0.0179. The third kappa shape index (κ3) is 2.37. The molecular formula is C14H16FN3O2. The molecule has 1 N–H and O–H groups in total. The van der Waals surface area contributed by atoms with Crippen LogP contribution in [0.5, 0.6) is 0 Å². The van der Waals surface area contributed by atoms with Gasteiger partial charge in [-0.2, -0.15) is 0 Å². The molecule has 2 aliphatic rings. The summed E-state index contributed by atoms with van der Waals surface area (Å²) in [5, 5.41) is 2.87. The lowest BCUT2D eigenvalue weighted by molar-refractivity contribution is -0.119. The largest absolute Gasteiger partial charge is 0.356 e. The average molecular weight is 277 g/mol. The number of rotatable bonds is 1. The number of halogens is 1. The first kappa shape index (κ1) is 13.0. The van der Waals surface area contributed by atoms with Crippen LogP contribution in [-0.2, 0) is 4.79 Å². The average Bonchev–Trinajstić information content (AvgIpc) is 2.81. The van der Waals surface area contributed by atoms with Gasteiger partial charge in [0, 0.05) is 26.1 Å². The van der Waals surface area contributed by atoms with Crippen LogP contribution in [0.25, 0.3) is 0 Å². The molecule has 0 atom stereocenters. The van der Waals surface area contributed by atoms with Crippen molar-refractivity contribution < 1.29 is 14.0 Å². The summed E-state index contributed by atoms with van der Waals surface area (Å²) < 4.78 is 12.8. The quantitative estimate of drug-likeness (QED) is 0.831. The van der Waals surface area contributed by atoms with Gasteiger partial charge < -0.3 is 10.2 Å². The normalized spacial score (nSPS) is 21.1. The molecule has 1 spiro atoms. The number of carbonyl (C=O) groups excluding carboxylic acids is 2. The number of likely N-dealkylation sites (tertiary alicyclic amines) is 1. The summed E-state index contributed by atoms with van der Waals surface area (Å²) in [6.45, 7) is 1.95. The molecule has 106 valence electrons. The van der Waals surface area contributed by atoms with Crippen LogP contribution in [0.15, 0.2) is 18.3 Å². The Hall–Kier alpha value is -1.98. The van der Waals surface area contributed by atoms with Crippen LogP contribution in [0, 0.1) is 11.2 Å². The van der Waals surface area contributed by atoms with E-state index < -0.39 is 5.82 Å². The van der Waals surface area contributed by atoms with Crippen LogP contribution in [0.3, 0.4) is 0 Å². The SMILES string of the molecule is O=C1CC2(CCN(C(=O)c3ccc(F)cn3)CC2)CN1. The number of nitrogens with zero attached hydrogens (tertiary/aromatic N) is 2. The molecule has 0 aromatic carbocycles. The van der Waals surface area contributed by atoms with Gasteiger partial charge in [0.25, 0.3) is 5.91 Å². The zero-order valence-electron chi connectivity index (χ0n) is 11.1. The molecule has 3 rings (SSSR count). The summed E-state index contributed by atoms with van der Waals surface area (Å²) in [7, 11) is 0. The molecule has 2 amide bonds. The molecule has 1 aromatic heterocycles. The van der Waals surface area contributed by atoms with E-state index in [-0.39, 0.29) is 22.9 Å². The van der Waals surface area contributed by atoms with Crippen molar-refractivity contribution >= 4 is 11.8 Å². The van der Waals surface area contributed by atoms with Crippen molar-refractivity contribution in [2.45, 2.75) is 19.3 Å². The lowest BCUT2D eigenvalue weighted by Crippen LogP contribution is -2.44. The number of aromatic nitrogens is 1. The van der Waals surface area contributed by atoms with Gasteiger partial charge in [0.1, 0.15) is 11.5 Å². The number of carbonyl (C=O) groups is 2. The molecule has 0 radical (unpaired) electrons. The number of nitrogens with one attached hydrogen (secondary N) is 1. The van der Waals surface area contributed by atoms with Gasteiger partial charge in [0.2, 0.25) is 5.91 Å². The fourth-order valence-corrected chi connectivity index (χ4v) is 2.95. The molecule has 0 aliphatic carbocycles. The number of hydrogen-bond acceptors (Lipinski definition) is 3. The highest BCUT2D eigenvalue weighted by atomic mass is 19.1. The smallest absolute Gasteiger partial charge is 0.272 e. The molecule has 5 nitrogen and oxygen atoms in total. The summed E-state index contributed by atoms with van der Waals surface area (Å²) >= 11 is 0. The molecule has 1 aromatic rings. The second-order valence-electron chi connectivity index (χ2n) is 5.61. The Morgan fingerprint density at radius 2 is 2.10 bits per heavy atom. The molecule has 0 unspecified atom stereocenters. The van der Waals surface area contributed by atoms with Gasteiger partial charge in [-0.15, -0.1) is 0 Å². The van der Waals surface area contributed by atoms with Crippen LogP contribution < -0.4 is 5.32 Å². The first-order valence-electron chi connectivity index (χ1n) is 6.76. The Kier molecular flexibility index (Phi) is 3.16. The summed E-state index contributed by atoms with van der Waals surface area (Å²) in [4.78, 5) is 29.1. The first-order chi connectivity index (χ1) is 9.58. The minimum Gasteiger partial charge on any atom is -0.356 e. The predicted octanol–water partition coefficient (Wildman–Crippen LogP) is 0.963. The number of piperidine rings is 1. The maximum absolute atomic E-state index is 12.8. The predicted molar refractivity (Wildman–Crippen MR) is 69.4 cm³/mol. The zero-order chi connectivity index (χ0) is 14.2. The van der Waals surface area contributed by atoms with Crippen molar-refractivity contribution in [1.29, 1.82) is 0 Å². The summed E-state index contributed by atoms with van der Waals surface area (Å²) in [6, 6.07) is 2.65. The first-order valence-corrected chi connectivity index (χ1v) is 6.76. The molecule has 3 heterocycles. The maximum Gasteiger partial charge on any atom is 0.272 e. The summed E-state index contributed by atoms with van der Waals surface area (Å²) in [5.41, 5.74) is 0.285. The Labute approximate surface area is 116 Å². The Bertz CT molecular complexity index is 536. The molecule has 20 heavy (non-hydrogen) atoms. The highest BCUT2D eigenvalue weighted by Gasteiger charge is 2.41. The fraction of sp³-hybridized carbons (Fsp3) is 0.500. The van der Waals surface area contributed by atoms with Gasteiger partial charge in [-0.3, -0.25) is 9.59 Å². The molecule has 0 bridgehead atoms. The van der Waals surface area contributed by atoms with Gasteiger partial charge in [0.15, 0.2) is 0 Å². The van der Waals surface area contributed by atoms with Crippen molar-refractivity contribution in [1.82, 2.24) is 15.2 Å². The van der Waals surface area contributed by atoms with Crippen LogP contribution in [0.4, 0.5) is 4.39 Å². The Morgan fingerprint density at radius 1 is 1.35 bits per heavy atom. The van der Waals surface area contributed by atoms with E-state index >= 15 is 0 Å². The van der Waals surface area contributed by atoms with Crippen LogP contribution >= 0.6 is 0 Å². The minimum atomic E-state index is -0.449. The molecule has 2 saturated heterocycles. The third-order valence-electron chi connectivity index (χ3n) is 4.25. The molecule has 0 saturated carbocycles. The van der Waals surface area contributed by atoms with Gasteiger partial charge in [-0.05, 0) is 30.4 Å². The highest BCUT2D eigenvalue weighted by Crippen LogP contribution is 2.37. The molecule has 6 heteroatoms. The standard InChI is InChI=1S/C14H16FN3O2/c15-10-1-2-11(16-8-10)13(20)18-5-3-14(4-6-18)7-12(19)17-9-14/h1-2,8H,3-7,9H2,(H,17,19). The van der Waals surface area contributed by atoms with Gasteiger partial charge in [0.05, 0.1) is 6.20 Å². The van der Waals surface area contributed by atoms with E-state index in [1.54, 1.807) is 4.90 Å². The van der Waals surface area contributed by atoms with E-state index in [1.807, 2.05) is 0 Å². The molecular weight excluding hydrogens is 261 g/mol. The lowest BCUT2D eigenvalue weighted by atomic mass is 9.77. The zero-order valence-corrected chi connectivity index (χ0v) is 11.1. The van der Waals surface area contributed by atoms with E-state index in [9.17, 15) is 14.0 Å². The van der Waals surface area contributed by atoms with E-state index in [1.165, 1.54) is 12.1 Å². The fourth-order valence-electron chi connectivity index (χ4n) is 2.95. The summed E-state index contributed by atoms with van der Waals surface area (Å²) in [5.74, 6) is -0.517. The van der Waals surface area contributed by atoms with E-state index in [0.29, 0.717) is 26.1 Å². The van der Waals surface area contributed by atoms with Crippen molar-refractivity contribution in [2.75, 3.05) is 19.6 Å². The summed E-state index contributed by atoms with van der Waals surface area (Å²) in [6.07, 6.45) is 3.25. The van der Waals surface area contributed by atoms with Crippen molar-refractivity contribution in [2.24, 2.45) is 5.41 Å². The molecule has 2 fully saturated rings. The number of pyridine rings is 1. The number of hydrogen-bond donors (Lipinski definition) is 1. The Balaban J connectivity index is 1.64. The maximum atomic E-state index is 12.8. The van der Waals surface area contributed by atoms with Crippen molar-refractivity contribution in [3.05, 3.63) is 29.8 Å². The van der Waals surface area contributed by atoms with Gasteiger partial charge in [-0.1, -0.05) is 0 Å². The van der Waals surface area contributed by atoms with Gasteiger partial charge >= 0.3 is 0 Å². The van der Waals surface area contributed by atoms with Crippen LogP contribution in [0.1, 0.15) is 29.8 Å². The van der Waals surface area contributed by atoms with Crippen LogP contribution in [0.2, 0.25) is 0 Å². The topological polar surface area (TPSA) is 62.3 Å². The van der Waals surface area contributed by atoms with E-state index in [2.05, 4.69) is 10.3 Å². The number of amides is 2.